The summed E-state index contributed by atoms with van der Waals surface area (Å²) in [6, 6.07) is 22.9. The summed E-state index contributed by atoms with van der Waals surface area (Å²) >= 11 is 0. The normalized spacial score (nSPS) is 13.0. The van der Waals surface area contributed by atoms with Gasteiger partial charge < -0.3 is 10.6 Å². The molecule has 40 heavy (non-hydrogen) atoms. The molecule has 3 aromatic carbocycles. The van der Waals surface area contributed by atoms with E-state index in [1.165, 1.54) is 11.1 Å². The molecule has 0 heterocycles. The Bertz CT molecular complexity index is 1420. The highest BCUT2D eigenvalue weighted by Crippen LogP contribution is 2.29. The molecule has 1 atom stereocenters. The number of rotatable bonds is 9. The molecule has 3 aromatic rings. The third-order valence-electron chi connectivity index (χ3n) is 6.82. The molecule has 7 nitrogen and oxygen atoms in total. The second-order valence-corrected chi connectivity index (χ2v) is 13.8. The Balaban J connectivity index is 1.81. The maximum atomic E-state index is 13.6. The van der Waals surface area contributed by atoms with Crippen LogP contribution in [0.4, 0.5) is 5.69 Å². The van der Waals surface area contributed by atoms with Crippen molar-refractivity contribution in [2.45, 2.75) is 64.7 Å². The van der Waals surface area contributed by atoms with Gasteiger partial charge in [-0.1, -0.05) is 90.1 Å². The Kier molecular flexibility index (Phi) is 9.59. The van der Waals surface area contributed by atoms with E-state index in [4.69, 9.17) is 4.55 Å². The lowest BCUT2D eigenvalue weighted by atomic mass is 9.84. The Hall–Kier alpha value is -3.49. The van der Waals surface area contributed by atoms with E-state index in [9.17, 15) is 18.0 Å². The minimum Gasteiger partial charge on any atom is -0.351 e. The van der Waals surface area contributed by atoms with Crippen LogP contribution in [0.3, 0.4) is 0 Å². The molecule has 2 amide bonds. The Morgan fingerprint density at radius 2 is 1.27 bits per heavy atom. The SMILES string of the molecule is CC(C)(C)c1ccc(NC(=O)C(Cc2ccc(C(=O)NCCS(=O)(=O)O)cc2)c2ccc(C(C)(C)C)cc2)cc1. The lowest BCUT2D eigenvalue weighted by Crippen LogP contribution is -2.28. The van der Waals surface area contributed by atoms with Crippen LogP contribution in [0.2, 0.25) is 0 Å². The first-order chi connectivity index (χ1) is 18.5. The van der Waals surface area contributed by atoms with Crippen molar-refractivity contribution in [1.29, 1.82) is 0 Å². The van der Waals surface area contributed by atoms with Gasteiger partial charge in [-0.3, -0.25) is 14.1 Å². The van der Waals surface area contributed by atoms with Crippen molar-refractivity contribution in [2.24, 2.45) is 0 Å². The number of carbonyl (C=O) groups is 2. The molecule has 0 bridgehead atoms. The van der Waals surface area contributed by atoms with Crippen molar-refractivity contribution in [1.82, 2.24) is 5.32 Å². The van der Waals surface area contributed by atoms with Crippen molar-refractivity contribution < 1.29 is 22.6 Å². The van der Waals surface area contributed by atoms with E-state index >= 15 is 0 Å². The fourth-order valence-electron chi connectivity index (χ4n) is 4.28. The Labute approximate surface area is 238 Å². The van der Waals surface area contributed by atoms with Crippen LogP contribution in [-0.2, 0) is 32.2 Å². The van der Waals surface area contributed by atoms with Crippen LogP contribution in [0.1, 0.15) is 80.1 Å². The lowest BCUT2D eigenvalue weighted by molar-refractivity contribution is -0.117. The first-order valence-corrected chi connectivity index (χ1v) is 15.0. The van der Waals surface area contributed by atoms with E-state index in [2.05, 4.69) is 64.3 Å². The van der Waals surface area contributed by atoms with Gasteiger partial charge in [0.15, 0.2) is 0 Å². The van der Waals surface area contributed by atoms with Gasteiger partial charge in [-0.2, -0.15) is 8.42 Å². The number of carbonyl (C=O) groups excluding carboxylic acids is 2. The topological polar surface area (TPSA) is 113 Å². The highest BCUT2D eigenvalue weighted by Gasteiger charge is 2.23. The Morgan fingerprint density at radius 1 is 0.775 bits per heavy atom. The van der Waals surface area contributed by atoms with Gasteiger partial charge in [-0.25, -0.2) is 0 Å². The molecule has 1 unspecified atom stereocenters. The van der Waals surface area contributed by atoms with E-state index in [1.54, 1.807) is 24.3 Å². The highest BCUT2D eigenvalue weighted by atomic mass is 32.2. The molecule has 0 fully saturated rings. The zero-order valence-electron chi connectivity index (χ0n) is 24.1. The second kappa shape index (κ2) is 12.4. The summed E-state index contributed by atoms with van der Waals surface area (Å²) < 4.78 is 30.6. The van der Waals surface area contributed by atoms with Crippen molar-refractivity contribution in [3.63, 3.8) is 0 Å². The molecular weight excluding hydrogens is 524 g/mol. The zero-order valence-corrected chi connectivity index (χ0v) is 24.9. The summed E-state index contributed by atoms with van der Waals surface area (Å²) in [6.07, 6.45) is 0.422. The van der Waals surface area contributed by atoms with E-state index in [-0.39, 0.29) is 23.3 Å². The smallest absolute Gasteiger partial charge is 0.266 e. The molecule has 0 aliphatic carbocycles. The Morgan fingerprint density at radius 3 is 1.75 bits per heavy atom. The third kappa shape index (κ3) is 9.03. The van der Waals surface area contributed by atoms with Gasteiger partial charge in [0.1, 0.15) is 0 Å². The quantitative estimate of drug-likeness (QED) is 0.282. The first-order valence-electron chi connectivity index (χ1n) is 13.4. The molecule has 3 rings (SSSR count). The molecule has 214 valence electrons. The molecule has 0 saturated heterocycles. The highest BCUT2D eigenvalue weighted by molar-refractivity contribution is 7.85. The monoisotopic (exact) mass is 564 g/mol. The van der Waals surface area contributed by atoms with Gasteiger partial charge >= 0.3 is 0 Å². The van der Waals surface area contributed by atoms with Crippen LogP contribution in [0.25, 0.3) is 0 Å². The molecule has 0 saturated carbocycles. The van der Waals surface area contributed by atoms with Crippen LogP contribution >= 0.6 is 0 Å². The van der Waals surface area contributed by atoms with Gasteiger partial charge in [0.25, 0.3) is 16.0 Å². The van der Waals surface area contributed by atoms with Gasteiger partial charge in [0.2, 0.25) is 5.91 Å². The minimum atomic E-state index is -4.15. The van der Waals surface area contributed by atoms with Gasteiger partial charge in [-0.05, 0) is 63.8 Å². The van der Waals surface area contributed by atoms with E-state index < -0.39 is 27.7 Å². The van der Waals surface area contributed by atoms with Crippen molar-refractivity contribution in [2.75, 3.05) is 17.6 Å². The summed E-state index contributed by atoms with van der Waals surface area (Å²) in [5.74, 6) is -1.59. The fourth-order valence-corrected chi connectivity index (χ4v) is 4.64. The number of hydrogen-bond donors (Lipinski definition) is 3. The number of nitrogens with one attached hydrogen (secondary N) is 2. The average Bonchev–Trinajstić information content (AvgIpc) is 2.86. The standard InChI is InChI=1S/C32H40N2O5S/c1-31(2,3)25-13-11-23(12-14-25)28(30(36)34-27-17-15-26(16-18-27)32(4,5)6)21-22-7-9-24(10-8-22)29(35)33-19-20-40(37,38)39/h7-18,28H,19-21H2,1-6H3,(H,33,35)(H,34,36)(H,37,38,39). The minimum absolute atomic E-state index is 0.0111. The predicted molar refractivity (Wildman–Crippen MR) is 161 cm³/mol. The molecule has 0 spiro atoms. The number of amides is 2. The summed E-state index contributed by atoms with van der Waals surface area (Å²) in [5.41, 5.74) is 5.21. The second-order valence-electron chi connectivity index (χ2n) is 12.2. The molecule has 0 aliphatic heterocycles. The predicted octanol–water partition coefficient (Wildman–Crippen LogP) is 5.86. The number of benzene rings is 3. The molecular formula is C32H40N2O5S. The van der Waals surface area contributed by atoms with Gasteiger partial charge in [-0.15, -0.1) is 0 Å². The van der Waals surface area contributed by atoms with Crippen LogP contribution in [0.15, 0.2) is 72.8 Å². The average molecular weight is 565 g/mol. The largest absolute Gasteiger partial charge is 0.351 e. The van der Waals surface area contributed by atoms with Crippen LogP contribution < -0.4 is 10.6 Å². The number of anilines is 1. The van der Waals surface area contributed by atoms with Gasteiger partial charge in [0, 0.05) is 17.8 Å². The molecule has 8 heteroatoms. The van der Waals surface area contributed by atoms with Crippen LogP contribution in [0.5, 0.6) is 0 Å². The summed E-state index contributed by atoms with van der Waals surface area (Å²) in [6.45, 7) is 12.7. The maximum absolute atomic E-state index is 13.6. The first kappa shape index (κ1) is 31.0. The summed E-state index contributed by atoms with van der Waals surface area (Å²) in [4.78, 5) is 26.0. The van der Waals surface area contributed by atoms with E-state index in [0.717, 1.165) is 16.8 Å². The van der Waals surface area contributed by atoms with Crippen molar-refractivity contribution >= 4 is 27.6 Å². The molecule has 0 aliphatic rings. The van der Waals surface area contributed by atoms with Crippen molar-refractivity contribution in [3.8, 4) is 0 Å². The zero-order chi connectivity index (χ0) is 29.7. The van der Waals surface area contributed by atoms with Crippen LogP contribution in [-0.4, -0.2) is 37.1 Å². The van der Waals surface area contributed by atoms with Crippen LogP contribution in [0, 0.1) is 0 Å². The van der Waals surface area contributed by atoms with Gasteiger partial charge in [0.05, 0.1) is 11.7 Å². The van der Waals surface area contributed by atoms with Crippen molar-refractivity contribution in [3.05, 3.63) is 101 Å². The lowest BCUT2D eigenvalue weighted by Gasteiger charge is -2.22. The molecule has 0 radical (unpaired) electrons. The number of hydrogen-bond acceptors (Lipinski definition) is 4. The van der Waals surface area contributed by atoms with E-state index in [0.29, 0.717) is 12.0 Å². The maximum Gasteiger partial charge on any atom is 0.266 e. The summed E-state index contributed by atoms with van der Waals surface area (Å²) in [7, 11) is -4.15. The molecule has 0 aromatic heterocycles. The third-order valence-corrected chi connectivity index (χ3v) is 7.54. The van der Waals surface area contributed by atoms with E-state index in [1.807, 2.05) is 36.4 Å². The molecule has 3 N–H and O–H groups in total. The summed E-state index contributed by atoms with van der Waals surface area (Å²) in [5, 5.41) is 5.55. The fraction of sp³-hybridized carbons (Fsp3) is 0.375.